The first-order valence-corrected chi connectivity index (χ1v) is 8.33. The van der Waals surface area contributed by atoms with Gasteiger partial charge in [-0.05, 0) is 36.9 Å². The van der Waals surface area contributed by atoms with Crippen molar-refractivity contribution in [2.45, 2.75) is 36.9 Å². The fourth-order valence-electron chi connectivity index (χ4n) is 3.21. The quantitative estimate of drug-likeness (QED) is 0.681. The normalized spacial score (nSPS) is 29.7. The second-order valence-corrected chi connectivity index (χ2v) is 7.57. The molecule has 6 heteroatoms. The summed E-state index contributed by atoms with van der Waals surface area (Å²) in [6.07, 6.45) is 4.89. The van der Waals surface area contributed by atoms with Crippen LogP contribution in [0.1, 0.15) is 32.6 Å². The van der Waals surface area contributed by atoms with Gasteiger partial charge in [0, 0.05) is 5.92 Å². The molecule has 1 aromatic rings. The minimum atomic E-state index is 0.159. The number of fused-ring (bicyclic) bond motifs is 2. The van der Waals surface area contributed by atoms with Crippen molar-refractivity contribution in [3.05, 3.63) is 0 Å². The lowest BCUT2D eigenvalue weighted by molar-refractivity contribution is -0.121. The van der Waals surface area contributed by atoms with Gasteiger partial charge < -0.3 is 5.32 Å². The van der Waals surface area contributed by atoms with Crippen LogP contribution in [-0.4, -0.2) is 21.9 Å². The van der Waals surface area contributed by atoms with Crippen molar-refractivity contribution in [3.8, 4) is 0 Å². The largest absolute Gasteiger partial charge is 0.300 e. The highest BCUT2D eigenvalue weighted by molar-refractivity contribution is 8.01. The van der Waals surface area contributed by atoms with Crippen LogP contribution in [-0.2, 0) is 4.79 Å². The molecule has 1 N–H and O–H groups in total. The maximum atomic E-state index is 12.2. The molecule has 1 heterocycles. The number of anilines is 1. The van der Waals surface area contributed by atoms with E-state index in [0.717, 1.165) is 22.4 Å². The summed E-state index contributed by atoms with van der Waals surface area (Å²) in [4.78, 5) is 12.2. The van der Waals surface area contributed by atoms with Crippen LogP contribution in [0.5, 0.6) is 0 Å². The number of hydrogen-bond acceptors (Lipinski definition) is 5. The monoisotopic (exact) mass is 283 g/mol. The summed E-state index contributed by atoms with van der Waals surface area (Å²) in [7, 11) is 0. The first-order valence-electron chi connectivity index (χ1n) is 6.53. The minimum Gasteiger partial charge on any atom is -0.300 e. The summed E-state index contributed by atoms with van der Waals surface area (Å²) in [6, 6.07) is 0. The molecule has 98 valence electrons. The second kappa shape index (κ2) is 5.17. The molecule has 1 aromatic heterocycles. The van der Waals surface area contributed by atoms with E-state index in [1.165, 1.54) is 30.6 Å². The molecule has 0 aliphatic heterocycles. The van der Waals surface area contributed by atoms with Gasteiger partial charge in [-0.1, -0.05) is 36.4 Å². The van der Waals surface area contributed by atoms with Crippen LogP contribution in [0.15, 0.2) is 4.34 Å². The van der Waals surface area contributed by atoms with Gasteiger partial charge in [0.05, 0.1) is 0 Å². The smallest absolute Gasteiger partial charge is 0.229 e. The Kier molecular flexibility index (Phi) is 3.56. The SMILES string of the molecule is CCSc1nnc(NC(=O)[C@H]2C[C@H]3CC[C@H]2C3)s1. The predicted octanol–water partition coefficient (Wildman–Crippen LogP) is 3.02. The molecular weight excluding hydrogens is 266 g/mol. The summed E-state index contributed by atoms with van der Waals surface area (Å²) < 4.78 is 0.931. The number of aromatic nitrogens is 2. The van der Waals surface area contributed by atoms with E-state index >= 15 is 0 Å². The van der Waals surface area contributed by atoms with E-state index in [4.69, 9.17) is 0 Å². The van der Waals surface area contributed by atoms with Crippen LogP contribution in [0.25, 0.3) is 0 Å². The molecule has 3 atom stereocenters. The lowest BCUT2D eigenvalue weighted by Gasteiger charge is -2.19. The van der Waals surface area contributed by atoms with Gasteiger partial charge in [-0.3, -0.25) is 4.79 Å². The van der Waals surface area contributed by atoms with E-state index in [9.17, 15) is 4.79 Å². The average Bonchev–Trinajstić information content (AvgIpc) is 3.05. The first kappa shape index (κ1) is 12.4. The topological polar surface area (TPSA) is 54.9 Å². The Morgan fingerprint density at radius 1 is 1.44 bits per heavy atom. The van der Waals surface area contributed by atoms with Gasteiger partial charge in [-0.2, -0.15) is 0 Å². The van der Waals surface area contributed by atoms with Crippen LogP contribution in [0.3, 0.4) is 0 Å². The minimum absolute atomic E-state index is 0.159. The Morgan fingerprint density at radius 2 is 2.33 bits per heavy atom. The van der Waals surface area contributed by atoms with Crippen LogP contribution in [0.4, 0.5) is 5.13 Å². The number of amides is 1. The number of hydrogen-bond donors (Lipinski definition) is 1. The fraction of sp³-hybridized carbons (Fsp3) is 0.750. The molecule has 18 heavy (non-hydrogen) atoms. The van der Waals surface area contributed by atoms with E-state index in [0.29, 0.717) is 11.0 Å². The zero-order valence-corrected chi connectivity index (χ0v) is 12.0. The Hall–Kier alpha value is -0.620. The van der Waals surface area contributed by atoms with Gasteiger partial charge in [-0.15, -0.1) is 10.2 Å². The number of rotatable bonds is 4. The van der Waals surface area contributed by atoms with E-state index < -0.39 is 0 Å². The number of carbonyl (C=O) groups excluding carboxylic acids is 1. The van der Waals surface area contributed by atoms with Crippen molar-refractivity contribution < 1.29 is 4.79 Å². The third kappa shape index (κ3) is 2.40. The number of thioether (sulfide) groups is 1. The molecule has 3 rings (SSSR count). The molecular formula is C12H17N3OS2. The van der Waals surface area contributed by atoms with Crippen LogP contribution < -0.4 is 5.32 Å². The van der Waals surface area contributed by atoms with Gasteiger partial charge >= 0.3 is 0 Å². The highest BCUT2D eigenvalue weighted by Crippen LogP contribution is 2.48. The number of nitrogens with zero attached hydrogens (tertiary/aromatic N) is 2. The average molecular weight is 283 g/mol. The van der Waals surface area contributed by atoms with Gasteiger partial charge in [0.15, 0.2) is 4.34 Å². The maximum Gasteiger partial charge on any atom is 0.229 e. The maximum absolute atomic E-state index is 12.2. The van der Waals surface area contributed by atoms with E-state index in [1.54, 1.807) is 11.8 Å². The lowest BCUT2D eigenvalue weighted by atomic mass is 9.88. The molecule has 1 amide bonds. The summed E-state index contributed by atoms with van der Waals surface area (Å²) in [5, 5.41) is 11.7. The standard InChI is InChI=1S/C12H17N3OS2/c1-2-17-12-15-14-11(18-12)13-10(16)9-6-7-3-4-8(9)5-7/h7-9H,2-6H2,1H3,(H,13,14,16)/t7-,8-,9-/m0/s1. The molecule has 2 aliphatic carbocycles. The first-order chi connectivity index (χ1) is 8.76. The molecule has 4 nitrogen and oxygen atoms in total. The predicted molar refractivity (Wildman–Crippen MR) is 73.9 cm³/mol. The molecule has 0 radical (unpaired) electrons. The Balaban J connectivity index is 1.60. The zero-order chi connectivity index (χ0) is 12.5. The molecule has 2 fully saturated rings. The number of nitrogens with one attached hydrogen (secondary N) is 1. The molecule has 0 saturated heterocycles. The van der Waals surface area contributed by atoms with Gasteiger partial charge in [0.2, 0.25) is 11.0 Å². The van der Waals surface area contributed by atoms with Crippen molar-refractivity contribution in [2.24, 2.45) is 17.8 Å². The molecule has 2 aliphatic rings. The van der Waals surface area contributed by atoms with Crippen molar-refractivity contribution in [1.29, 1.82) is 0 Å². The van der Waals surface area contributed by atoms with E-state index in [-0.39, 0.29) is 11.8 Å². The fourth-order valence-corrected chi connectivity index (χ4v) is 4.86. The Morgan fingerprint density at radius 3 is 3.00 bits per heavy atom. The summed E-state index contributed by atoms with van der Waals surface area (Å²) in [5.41, 5.74) is 0. The second-order valence-electron chi connectivity index (χ2n) is 5.08. The summed E-state index contributed by atoms with van der Waals surface area (Å²) in [6.45, 7) is 2.08. The van der Waals surface area contributed by atoms with Gasteiger partial charge in [0.25, 0.3) is 0 Å². The summed E-state index contributed by atoms with van der Waals surface area (Å²) >= 11 is 3.13. The van der Waals surface area contributed by atoms with Crippen molar-refractivity contribution >= 4 is 34.1 Å². The molecule has 2 saturated carbocycles. The van der Waals surface area contributed by atoms with E-state index in [1.807, 2.05) is 0 Å². The van der Waals surface area contributed by atoms with Crippen molar-refractivity contribution in [1.82, 2.24) is 10.2 Å². The third-order valence-electron chi connectivity index (χ3n) is 3.98. The van der Waals surface area contributed by atoms with Crippen molar-refractivity contribution in [2.75, 3.05) is 11.1 Å². The third-order valence-corrected chi connectivity index (χ3v) is 5.83. The van der Waals surface area contributed by atoms with Crippen LogP contribution in [0, 0.1) is 17.8 Å². The molecule has 0 aromatic carbocycles. The van der Waals surface area contributed by atoms with Crippen LogP contribution >= 0.6 is 23.1 Å². The highest BCUT2D eigenvalue weighted by Gasteiger charge is 2.43. The van der Waals surface area contributed by atoms with E-state index in [2.05, 4.69) is 22.4 Å². The van der Waals surface area contributed by atoms with Crippen molar-refractivity contribution in [3.63, 3.8) is 0 Å². The van der Waals surface area contributed by atoms with Gasteiger partial charge in [0.1, 0.15) is 0 Å². The lowest BCUT2D eigenvalue weighted by Crippen LogP contribution is -2.27. The van der Waals surface area contributed by atoms with Crippen LogP contribution in [0.2, 0.25) is 0 Å². The zero-order valence-electron chi connectivity index (χ0n) is 10.4. The molecule has 2 bridgehead atoms. The Labute approximate surface area is 115 Å². The summed E-state index contributed by atoms with van der Waals surface area (Å²) in [5.74, 6) is 2.77. The number of carbonyl (C=O) groups is 1. The molecule has 0 spiro atoms. The van der Waals surface area contributed by atoms with Gasteiger partial charge in [-0.25, -0.2) is 0 Å². The molecule has 0 unspecified atom stereocenters. The highest BCUT2D eigenvalue weighted by atomic mass is 32.2. The Bertz CT molecular complexity index is 448.